The molecule has 158 valence electrons. The summed E-state index contributed by atoms with van der Waals surface area (Å²) in [5.41, 5.74) is 1.05. The minimum absolute atomic E-state index is 0.0190. The molecule has 1 unspecified atom stereocenters. The van der Waals surface area contributed by atoms with Gasteiger partial charge in [0.15, 0.2) is 0 Å². The van der Waals surface area contributed by atoms with Gasteiger partial charge in [-0.2, -0.15) is 0 Å². The van der Waals surface area contributed by atoms with Crippen molar-refractivity contribution in [3.63, 3.8) is 0 Å². The third kappa shape index (κ3) is 4.36. The lowest BCUT2D eigenvalue weighted by Gasteiger charge is -2.18. The molecule has 0 fully saturated rings. The minimum atomic E-state index is -0.986. The molecule has 1 atom stereocenters. The van der Waals surface area contributed by atoms with Crippen LogP contribution in [-0.2, 0) is 11.3 Å². The third-order valence-electron chi connectivity index (χ3n) is 4.98. The quantitative estimate of drug-likeness (QED) is 0.537. The zero-order valence-electron chi connectivity index (χ0n) is 17.0. The molecule has 0 amide bonds. The first kappa shape index (κ1) is 21.5. The van der Waals surface area contributed by atoms with Gasteiger partial charge in [-0.05, 0) is 49.1 Å². The molecule has 3 aromatic rings. The summed E-state index contributed by atoms with van der Waals surface area (Å²) >= 11 is 0. The van der Waals surface area contributed by atoms with Crippen molar-refractivity contribution in [2.45, 2.75) is 39.8 Å². The van der Waals surface area contributed by atoms with Crippen LogP contribution in [-0.4, -0.2) is 22.2 Å². The lowest BCUT2D eigenvalue weighted by Crippen LogP contribution is -2.37. The maximum atomic E-state index is 13.3. The Bertz CT molecular complexity index is 1140. The predicted molar refractivity (Wildman–Crippen MR) is 112 cm³/mol. The summed E-state index contributed by atoms with van der Waals surface area (Å²) in [5.74, 6) is -1.00. The number of benzene rings is 2. The summed E-state index contributed by atoms with van der Waals surface area (Å²) in [6.07, 6.45) is 0.415. The highest BCUT2D eigenvalue weighted by atomic mass is 19.1. The number of hydrogen-bond donors (Lipinski definition) is 3. The van der Waals surface area contributed by atoms with Crippen LogP contribution in [0.1, 0.15) is 31.6 Å². The van der Waals surface area contributed by atoms with Gasteiger partial charge >= 0.3 is 5.97 Å². The second-order valence-electron chi connectivity index (χ2n) is 7.71. The summed E-state index contributed by atoms with van der Waals surface area (Å²) in [4.78, 5) is 24.7. The van der Waals surface area contributed by atoms with Gasteiger partial charge < -0.3 is 19.9 Å². The molecule has 2 aromatic carbocycles. The molecule has 0 radical (unpaired) electrons. The van der Waals surface area contributed by atoms with Gasteiger partial charge in [0.2, 0.25) is 5.43 Å². The van der Waals surface area contributed by atoms with E-state index in [1.165, 1.54) is 36.4 Å². The van der Waals surface area contributed by atoms with Crippen LogP contribution in [0.3, 0.4) is 0 Å². The Morgan fingerprint density at radius 3 is 2.43 bits per heavy atom. The Hall–Kier alpha value is -3.19. The van der Waals surface area contributed by atoms with Crippen LogP contribution in [0, 0.1) is 18.7 Å². The highest BCUT2D eigenvalue weighted by Crippen LogP contribution is 2.30. The number of carboxylic acids is 1. The van der Waals surface area contributed by atoms with E-state index in [0.29, 0.717) is 28.9 Å². The summed E-state index contributed by atoms with van der Waals surface area (Å²) < 4.78 is 19.2. The number of aliphatic carboxylic acids is 1. The first-order chi connectivity index (χ1) is 14.2. The standard InChI is InChI=1S/C23H24FNO5/c1-12(2)10-18(23(28)29)25-11-17-19(26)9-8-16-21(27)20(13(3)30-22(16)17)14-4-6-15(24)7-5-14/h4-9,12,18,25-26H,10-11H2,1-3H3,(H,28,29). The van der Waals surface area contributed by atoms with Gasteiger partial charge in [0.1, 0.15) is 29.0 Å². The van der Waals surface area contributed by atoms with Crippen molar-refractivity contribution in [2.75, 3.05) is 0 Å². The lowest BCUT2D eigenvalue weighted by atomic mass is 10.0. The van der Waals surface area contributed by atoms with Crippen molar-refractivity contribution in [1.82, 2.24) is 5.32 Å². The molecule has 6 nitrogen and oxygen atoms in total. The number of carboxylic acid groups (broad SMARTS) is 1. The van der Waals surface area contributed by atoms with Crippen molar-refractivity contribution < 1.29 is 23.8 Å². The first-order valence-electron chi connectivity index (χ1n) is 9.69. The van der Waals surface area contributed by atoms with Crippen molar-refractivity contribution in [3.05, 3.63) is 63.8 Å². The van der Waals surface area contributed by atoms with E-state index in [2.05, 4.69) is 5.32 Å². The van der Waals surface area contributed by atoms with Crippen molar-refractivity contribution in [3.8, 4) is 16.9 Å². The molecule has 7 heteroatoms. The van der Waals surface area contributed by atoms with E-state index in [1.54, 1.807) is 6.92 Å². The predicted octanol–water partition coefficient (Wildman–Crippen LogP) is 4.20. The van der Waals surface area contributed by atoms with E-state index in [4.69, 9.17) is 4.42 Å². The van der Waals surface area contributed by atoms with Gasteiger partial charge in [-0.15, -0.1) is 0 Å². The van der Waals surface area contributed by atoms with Crippen LogP contribution in [0.5, 0.6) is 5.75 Å². The number of aryl methyl sites for hydroxylation is 1. The number of rotatable bonds is 7. The Morgan fingerprint density at radius 2 is 1.83 bits per heavy atom. The van der Waals surface area contributed by atoms with E-state index in [0.717, 1.165) is 0 Å². The summed E-state index contributed by atoms with van der Waals surface area (Å²) in [6, 6.07) is 7.61. The molecule has 1 heterocycles. The molecule has 1 aromatic heterocycles. The fraction of sp³-hybridized carbons (Fsp3) is 0.304. The van der Waals surface area contributed by atoms with Gasteiger partial charge in [-0.3, -0.25) is 9.59 Å². The van der Waals surface area contributed by atoms with Crippen LogP contribution in [0.4, 0.5) is 4.39 Å². The molecule has 0 bridgehead atoms. The van der Waals surface area contributed by atoms with E-state index >= 15 is 0 Å². The molecule has 0 saturated heterocycles. The Kier molecular flexibility index (Phi) is 6.22. The van der Waals surface area contributed by atoms with Crippen molar-refractivity contribution in [1.29, 1.82) is 0 Å². The average molecular weight is 413 g/mol. The number of phenolic OH excluding ortho intramolecular Hbond substituents is 1. The minimum Gasteiger partial charge on any atom is -0.507 e. The molecular formula is C23H24FNO5. The highest BCUT2D eigenvalue weighted by Gasteiger charge is 2.22. The van der Waals surface area contributed by atoms with Crippen LogP contribution < -0.4 is 10.7 Å². The molecule has 0 saturated carbocycles. The SMILES string of the molecule is Cc1oc2c(CNC(CC(C)C)C(=O)O)c(O)ccc2c(=O)c1-c1ccc(F)cc1. The molecule has 0 aliphatic heterocycles. The van der Waals surface area contributed by atoms with E-state index in [1.807, 2.05) is 13.8 Å². The fourth-order valence-electron chi connectivity index (χ4n) is 3.50. The summed E-state index contributed by atoms with van der Waals surface area (Å²) in [7, 11) is 0. The molecule has 0 aliphatic carbocycles. The van der Waals surface area contributed by atoms with Crippen LogP contribution in [0.2, 0.25) is 0 Å². The van der Waals surface area contributed by atoms with E-state index in [9.17, 15) is 24.2 Å². The van der Waals surface area contributed by atoms with Gasteiger partial charge in [0.05, 0.1) is 16.5 Å². The molecule has 0 spiro atoms. The van der Waals surface area contributed by atoms with Gasteiger partial charge in [0.25, 0.3) is 0 Å². The van der Waals surface area contributed by atoms with Crippen LogP contribution in [0.15, 0.2) is 45.6 Å². The number of carbonyl (C=O) groups is 1. The van der Waals surface area contributed by atoms with E-state index < -0.39 is 17.8 Å². The fourth-order valence-corrected chi connectivity index (χ4v) is 3.50. The monoisotopic (exact) mass is 413 g/mol. The van der Waals surface area contributed by atoms with Crippen molar-refractivity contribution in [2.24, 2.45) is 5.92 Å². The number of aromatic hydroxyl groups is 1. The Labute approximate surface area is 173 Å². The lowest BCUT2D eigenvalue weighted by molar-refractivity contribution is -0.140. The topological polar surface area (TPSA) is 99.8 Å². The van der Waals surface area contributed by atoms with Crippen LogP contribution in [0.25, 0.3) is 22.1 Å². The second kappa shape index (κ2) is 8.67. The highest BCUT2D eigenvalue weighted by molar-refractivity contribution is 5.86. The van der Waals surface area contributed by atoms with Gasteiger partial charge in [-0.25, -0.2) is 4.39 Å². The number of fused-ring (bicyclic) bond motifs is 1. The third-order valence-corrected chi connectivity index (χ3v) is 4.98. The summed E-state index contributed by atoms with van der Waals surface area (Å²) in [6.45, 7) is 5.49. The Morgan fingerprint density at radius 1 is 1.17 bits per heavy atom. The molecule has 30 heavy (non-hydrogen) atoms. The second-order valence-corrected chi connectivity index (χ2v) is 7.71. The van der Waals surface area contributed by atoms with Gasteiger partial charge in [0, 0.05) is 6.54 Å². The normalized spacial score (nSPS) is 12.4. The number of halogens is 1. The average Bonchev–Trinajstić information content (AvgIpc) is 2.67. The maximum Gasteiger partial charge on any atom is 0.320 e. The zero-order chi connectivity index (χ0) is 22.0. The number of hydrogen-bond acceptors (Lipinski definition) is 5. The first-order valence-corrected chi connectivity index (χ1v) is 9.69. The Balaban J connectivity index is 2.06. The van der Waals surface area contributed by atoms with Gasteiger partial charge in [-0.1, -0.05) is 26.0 Å². The maximum absolute atomic E-state index is 13.3. The number of nitrogens with one attached hydrogen (secondary N) is 1. The van der Waals surface area contributed by atoms with Crippen LogP contribution >= 0.6 is 0 Å². The largest absolute Gasteiger partial charge is 0.507 e. The molecule has 3 N–H and O–H groups in total. The molecular weight excluding hydrogens is 389 g/mol. The zero-order valence-corrected chi connectivity index (χ0v) is 17.0. The summed E-state index contributed by atoms with van der Waals surface area (Å²) in [5, 5.41) is 23.0. The molecule has 0 aliphatic rings. The van der Waals surface area contributed by atoms with E-state index in [-0.39, 0.29) is 34.6 Å². The smallest absolute Gasteiger partial charge is 0.320 e. The number of phenols is 1. The molecule has 3 rings (SSSR count). The van der Waals surface area contributed by atoms with Crippen molar-refractivity contribution >= 4 is 16.9 Å².